The smallest absolute Gasteiger partial charge is 0.125 e. The molecule has 0 saturated carbocycles. The van der Waals surface area contributed by atoms with E-state index in [-0.39, 0.29) is 0 Å². The van der Waals surface area contributed by atoms with Crippen LogP contribution in [0.2, 0.25) is 0 Å². The number of nitrogens with zero attached hydrogens (tertiary/aromatic N) is 1. The molecule has 1 aromatic carbocycles. The lowest BCUT2D eigenvalue weighted by molar-refractivity contribution is 0.569. The Hall–Kier alpha value is -2.11. The van der Waals surface area contributed by atoms with E-state index >= 15 is 0 Å². The van der Waals surface area contributed by atoms with E-state index in [0.717, 1.165) is 25.5 Å². The molecule has 5 heteroatoms. The molecule has 0 aliphatic carbocycles. The molecule has 2 aliphatic rings. The maximum Gasteiger partial charge on any atom is 0.125 e. The summed E-state index contributed by atoms with van der Waals surface area (Å²) >= 11 is 0. The molecule has 3 atom stereocenters. The number of benzene rings is 1. The Morgan fingerprint density at radius 2 is 1.81 bits per heavy atom. The van der Waals surface area contributed by atoms with Gasteiger partial charge in [0.1, 0.15) is 5.82 Å². The molecular formula is C21H29N5. The van der Waals surface area contributed by atoms with Crippen molar-refractivity contribution < 1.29 is 0 Å². The van der Waals surface area contributed by atoms with Crippen molar-refractivity contribution in [3.63, 3.8) is 0 Å². The first-order chi connectivity index (χ1) is 12.9. The molecule has 1 aromatic heterocycles. The molecule has 0 bridgehead atoms. The highest BCUT2D eigenvalue weighted by Gasteiger charge is 2.24. The quantitative estimate of drug-likeness (QED) is 0.617. The van der Waals surface area contributed by atoms with E-state index in [4.69, 9.17) is 0 Å². The zero-order valence-electron chi connectivity index (χ0n) is 15.2. The van der Waals surface area contributed by atoms with Crippen LogP contribution in [0, 0.1) is 0 Å². The van der Waals surface area contributed by atoms with Gasteiger partial charge in [0.15, 0.2) is 0 Å². The van der Waals surface area contributed by atoms with Gasteiger partial charge < -0.3 is 21.3 Å². The lowest BCUT2D eigenvalue weighted by Crippen LogP contribution is -2.31. The van der Waals surface area contributed by atoms with Gasteiger partial charge in [-0.15, -0.1) is 0 Å². The Balaban J connectivity index is 1.24. The number of aromatic nitrogens is 1. The van der Waals surface area contributed by atoms with Crippen molar-refractivity contribution in [2.45, 2.75) is 43.8 Å². The van der Waals surface area contributed by atoms with Gasteiger partial charge in [-0.1, -0.05) is 18.2 Å². The van der Waals surface area contributed by atoms with Gasteiger partial charge in [-0.25, -0.2) is 4.98 Å². The van der Waals surface area contributed by atoms with Crippen molar-refractivity contribution in [1.29, 1.82) is 0 Å². The van der Waals surface area contributed by atoms with Crippen LogP contribution >= 0.6 is 0 Å². The lowest BCUT2D eigenvalue weighted by Gasteiger charge is -2.17. The third-order valence-corrected chi connectivity index (χ3v) is 5.46. The normalized spacial score (nSPS) is 25.3. The zero-order chi connectivity index (χ0) is 17.6. The molecule has 138 valence electrons. The third kappa shape index (κ3) is 4.54. The van der Waals surface area contributed by atoms with Gasteiger partial charge >= 0.3 is 0 Å². The summed E-state index contributed by atoms with van der Waals surface area (Å²) in [6.45, 7) is 3.10. The van der Waals surface area contributed by atoms with Crippen molar-refractivity contribution in [3.8, 4) is 0 Å². The van der Waals surface area contributed by atoms with Crippen molar-refractivity contribution in [1.82, 2.24) is 15.6 Å². The highest BCUT2D eigenvalue weighted by molar-refractivity contribution is 5.45. The Kier molecular flexibility index (Phi) is 5.67. The number of hydrogen-bond acceptors (Lipinski definition) is 5. The molecule has 4 N–H and O–H groups in total. The number of anilines is 2. The Bertz CT molecular complexity index is 667. The maximum atomic E-state index is 4.32. The molecule has 2 aliphatic heterocycles. The Labute approximate surface area is 156 Å². The van der Waals surface area contributed by atoms with E-state index in [1.807, 2.05) is 24.4 Å². The fraction of sp³-hybridized carbons (Fsp3) is 0.476. The van der Waals surface area contributed by atoms with E-state index in [0.29, 0.717) is 18.1 Å². The highest BCUT2D eigenvalue weighted by atomic mass is 15.1. The summed E-state index contributed by atoms with van der Waals surface area (Å²) in [7, 11) is 0. The topological polar surface area (TPSA) is 61.0 Å². The predicted molar refractivity (Wildman–Crippen MR) is 108 cm³/mol. The van der Waals surface area contributed by atoms with E-state index in [9.17, 15) is 0 Å². The SMILES string of the molecule is c1ccc(NC[C@@H]2CCC(c3ccc(NC[C@@H]4CCCN4)cc3)N2)nc1. The summed E-state index contributed by atoms with van der Waals surface area (Å²) in [5, 5.41) is 14.3. The van der Waals surface area contributed by atoms with Gasteiger partial charge in [-0.3, -0.25) is 0 Å². The van der Waals surface area contributed by atoms with E-state index < -0.39 is 0 Å². The standard InChI is InChI=1S/C21H29N5/c1-2-12-23-21(5-1)25-15-19-10-11-20(26-19)16-6-8-17(9-7-16)24-14-18-4-3-13-22-18/h1-2,5-9,12,18-20,22,24,26H,3-4,10-11,13-15H2,(H,23,25)/t18-,19-,20?/m0/s1. The summed E-state index contributed by atoms with van der Waals surface area (Å²) in [6.07, 6.45) is 6.79. The van der Waals surface area contributed by atoms with Gasteiger partial charge in [0.05, 0.1) is 0 Å². The molecule has 2 fully saturated rings. The number of nitrogens with one attached hydrogen (secondary N) is 4. The average Bonchev–Trinajstić information content (AvgIpc) is 3.38. The van der Waals surface area contributed by atoms with Crippen LogP contribution in [0.1, 0.15) is 37.3 Å². The van der Waals surface area contributed by atoms with Gasteiger partial charge in [0.2, 0.25) is 0 Å². The summed E-state index contributed by atoms with van der Waals surface area (Å²) in [5.74, 6) is 0.949. The molecule has 2 aromatic rings. The van der Waals surface area contributed by atoms with Crippen LogP contribution in [0.4, 0.5) is 11.5 Å². The van der Waals surface area contributed by atoms with Gasteiger partial charge in [0.25, 0.3) is 0 Å². The number of hydrogen-bond donors (Lipinski definition) is 4. The molecule has 3 heterocycles. The summed E-state index contributed by atoms with van der Waals surface area (Å²) in [5.41, 5.74) is 2.60. The monoisotopic (exact) mass is 351 g/mol. The maximum absolute atomic E-state index is 4.32. The third-order valence-electron chi connectivity index (χ3n) is 5.46. The van der Waals surface area contributed by atoms with Crippen LogP contribution in [-0.2, 0) is 0 Å². The molecule has 5 nitrogen and oxygen atoms in total. The number of pyridine rings is 1. The van der Waals surface area contributed by atoms with Crippen LogP contribution in [0.3, 0.4) is 0 Å². The Morgan fingerprint density at radius 1 is 0.923 bits per heavy atom. The minimum atomic E-state index is 0.455. The lowest BCUT2D eigenvalue weighted by atomic mass is 10.0. The second-order valence-corrected chi connectivity index (χ2v) is 7.39. The van der Waals surface area contributed by atoms with E-state index in [2.05, 4.69) is 50.5 Å². The molecule has 1 unspecified atom stereocenters. The number of rotatable bonds is 7. The highest BCUT2D eigenvalue weighted by Crippen LogP contribution is 2.27. The average molecular weight is 351 g/mol. The fourth-order valence-electron chi connectivity index (χ4n) is 3.94. The minimum absolute atomic E-state index is 0.455. The summed E-state index contributed by atoms with van der Waals surface area (Å²) < 4.78 is 0. The van der Waals surface area contributed by atoms with Crippen molar-refractivity contribution in [2.75, 3.05) is 30.3 Å². The first-order valence-corrected chi connectivity index (χ1v) is 9.85. The van der Waals surface area contributed by atoms with Crippen molar-refractivity contribution in [2.24, 2.45) is 0 Å². The fourth-order valence-corrected chi connectivity index (χ4v) is 3.94. The molecule has 0 spiro atoms. The molecule has 2 saturated heterocycles. The summed E-state index contributed by atoms with van der Waals surface area (Å²) in [4.78, 5) is 4.32. The second kappa shape index (κ2) is 8.52. The van der Waals surface area contributed by atoms with Gasteiger partial charge in [-0.2, -0.15) is 0 Å². The first-order valence-electron chi connectivity index (χ1n) is 9.85. The Morgan fingerprint density at radius 3 is 2.58 bits per heavy atom. The van der Waals surface area contributed by atoms with Gasteiger partial charge in [-0.05, 0) is 62.1 Å². The van der Waals surface area contributed by atoms with Crippen LogP contribution in [0.15, 0.2) is 48.7 Å². The largest absolute Gasteiger partial charge is 0.383 e. The zero-order valence-corrected chi connectivity index (χ0v) is 15.2. The molecule has 0 amide bonds. The molecular weight excluding hydrogens is 322 g/mol. The second-order valence-electron chi connectivity index (χ2n) is 7.39. The van der Waals surface area contributed by atoms with E-state index in [1.54, 1.807) is 0 Å². The van der Waals surface area contributed by atoms with Crippen LogP contribution < -0.4 is 21.3 Å². The van der Waals surface area contributed by atoms with Gasteiger partial charge in [0, 0.05) is 43.1 Å². The summed E-state index contributed by atoms with van der Waals surface area (Å²) in [6, 6.07) is 16.5. The van der Waals surface area contributed by atoms with Crippen molar-refractivity contribution in [3.05, 3.63) is 54.2 Å². The minimum Gasteiger partial charge on any atom is -0.383 e. The molecule has 4 rings (SSSR count). The molecule has 26 heavy (non-hydrogen) atoms. The molecule has 0 radical (unpaired) electrons. The van der Waals surface area contributed by atoms with Crippen LogP contribution in [0.25, 0.3) is 0 Å². The van der Waals surface area contributed by atoms with Crippen molar-refractivity contribution >= 4 is 11.5 Å². The van der Waals surface area contributed by atoms with Crippen LogP contribution in [-0.4, -0.2) is 36.7 Å². The first kappa shape index (κ1) is 17.3. The van der Waals surface area contributed by atoms with E-state index in [1.165, 1.54) is 36.9 Å². The van der Waals surface area contributed by atoms with Crippen LogP contribution in [0.5, 0.6) is 0 Å². The predicted octanol–water partition coefficient (Wildman–Crippen LogP) is 3.15.